The number of aryl methyl sites for hydroxylation is 1. The molecule has 0 radical (unpaired) electrons. The van der Waals surface area contributed by atoms with Crippen LogP contribution in [0, 0.1) is 12.7 Å². The number of hydrogen-bond donors (Lipinski definition) is 1. The molecule has 0 spiro atoms. The maximum Gasteiger partial charge on any atom is 0.419 e. The van der Waals surface area contributed by atoms with E-state index in [1.54, 1.807) is 18.2 Å². The zero-order valence-electron chi connectivity index (χ0n) is 11.2. The van der Waals surface area contributed by atoms with Crippen molar-refractivity contribution in [2.75, 3.05) is 0 Å². The second-order valence-corrected chi connectivity index (χ2v) is 4.53. The van der Waals surface area contributed by atoms with Crippen molar-refractivity contribution >= 4 is 0 Å². The molecule has 2 N–H and O–H groups in total. The maximum atomic E-state index is 13.2. The Kier molecular flexibility index (Phi) is 4.18. The summed E-state index contributed by atoms with van der Waals surface area (Å²) in [5, 5.41) is 0. The molecule has 0 heterocycles. The summed E-state index contributed by atoms with van der Waals surface area (Å²) in [6.45, 7) is 2.18. The van der Waals surface area contributed by atoms with E-state index in [0.717, 1.165) is 23.3 Å². The van der Waals surface area contributed by atoms with Gasteiger partial charge in [0.15, 0.2) is 0 Å². The summed E-state index contributed by atoms with van der Waals surface area (Å²) in [6, 6.07) is 7.53. The van der Waals surface area contributed by atoms with Crippen molar-refractivity contribution in [2.24, 2.45) is 5.73 Å². The molecule has 0 saturated carbocycles. The second kappa shape index (κ2) is 5.73. The summed E-state index contributed by atoms with van der Waals surface area (Å²) in [5.74, 6) is -1.04. The van der Waals surface area contributed by atoms with E-state index in [2.05, 4.69) is 0 Å². The van der Waals surface area contributed by atoms with Crippen molar-refractivity contribution in [1.29, 1.82) is 0 Å². The predicted molar refractivity (Wildman–Crippen MR) is 70.5 cm³/mol. The molecule has 21 heavy (non-hydrogen) atoms. The molecule has 0 aliphatic carbocycles. The lowest BCUT2D eigenvalue weighted by atomic mass is 10.1. The number of alkyl halides is 3. The van der Waals surface area contributed by atoms with E-state index in [0.29, 0.717) is 18.4 Å². The first kappa shape index (κ1) is 15.3. The molecule has 112 valence electrons. The lowest BCUT2D eigenvalue weighted by molar-refractivity contribution is -0.140. The normalized spacial score (nSPS) is 11.5. The topological polar surface area (TPSA) is 35.2 Å². The average Bonchev–Trinajstić information content (AvgIpc) is 2.40. The molecule has 2 rings (SSSR count). The molecule has 2 nitrogen and oxygen atoms in total. The monoisotopic (exact) mass is 299 g/mol. The third kappa shape index (κ3) is 3.52. The number of halogens is 4. The van der Waals surface area contributed by atoms with Gasteiger partial charge in [-0.1, -0.05) is 6.07 Å². The Morgan fingerprint density at radius 1 is 1.05 bits per heavy atom. The predicted octanol–water partition coefficient (Wildman–Crippen LogP) is 4.40. The van der Waals surface area contributed by atoms with Crippen LogP contribution in [0.4, 0.5) is 17.6 Å². The third-order valence-electron chi connectivity index (χ3n) is 3.01. The molecule has 0 unspecified atom stereocenters. The Morgan fingerprint density at radius 3 is 2.24 bits per heavy atom. The fourth-order valence-corrected chi connectivity index (χ4v) is 1.88. The minimum Gasteiger partial charge on any atom is -0.457 e. The van der Waals surface area contributed by atoms with Crippen LogP contribution in [0.1, 0.15) is 16.7 Å². The molecule has 6 heteroatoms. The Morgan fingerprint density at radius 2 is 1.67 bits per heavy atom. The maximum absolute atomic E-state index is 13.2. The van der Waals surface area contributed by atoms with E-state index in [1.165, 1.54) is 0 Å². The zero-order chi connectivity index (χ0) is 15.6. The molecular weight excluding hydrogens is 286 g/mol. The number of rotatable bonds is 3. The quantitative estimate of drug-likeness (QED) is 0.852. The van der Waals surface area contributed by atoms with Gasteiger partial charge in [-0.15, -0.1) is 0 Å². The Labute approximate surface area is 119 Å². The number of ether oxygens (including phenoxy) is 1. The van der Waals surface area contributed by atoms with Crippen LogP contribution in [0.15, 0.2) is 36.4 Å². The Balaban J connectivity index is 2.30. The van der Waals surface area contributed by atoms with Crippen molar-refractivity contribution in [1.82, 2.24) is 0 Å². The van der Waals surface area contributed by atoms with Gasteiger partial charge in [0, 0.05) is 6.54 Å². The molecular formula is C15H13F4NO. The van der Waals surface area contributed by atoms with E-state index in [1.807, 2.05) is 6.92 Å². The van der Waals surface area contributed by atoms with Crippen LogP contribution < -0.4 is 10.5 Å². The van der Waals surface area contributed by atoms with Crippen LogP contribution in [0.3, 0.4) is 0 Å². The van der Waals surface area contributed by atoms with Gasteiger partial charge in [-0.3, -0.25) is 0 Å². The summed E-state index contributed by atoms with van der Waals surface area (Å²) < 4.78 is 56.4. The van der Waals surface area contributed by atoms with Crippen molar-refractivity contribution in [3.8, 4) is 11.5 Å². The molecule has 0 aliphatic heterocycles. The number of hydrogen-bond acceptors (Lipinski definition) is 2. The van der Waals surface area contributed by atoms with Crippen LogP contribution in [0.2, 0.25) is 0 Å². The van der Waals surface area contributed by atoms with Gasteiger partial charge in [-0.2, -0.15) is 13.2 Å². The van der Waals surface area contributed by atoms with Crippen LogP contribution in [0.25, 0.3) is 0 Å². The highest BCUT2D eigenvalue weighted by molar-refractivity contribution is 5.39. The summed E-state index contributed by atoms with van der Waals surface area (Å²) in [6.07, 6.45) is -4.76. The first-order valence-electron chi connectivity index (χ1n) is 6.15. The Hall–Kier alpha value is -2.08. The largest absolute Gasteiger partial charge is 0.457 e. The first-order valence-corrected chi connectivity index (χ1v) is 6.15. The van der Waals surface area contributed by atoms with Crippen LogP contribution in [0.5, 0.6) is 11.5 Å². The van der Waals surface area contributed by atoms with Crippen LogP contribution >= 0.6 is 0 Å². The first-order chi connectivity index (χ1) is 9.81. The van der Waals surface area contributed by atoms with Gasteiger partial charge in [0.2, 0.25) is 0 Å². The summed E-state index contributed by atoms with van der Waals surface area (Å²) >= 11 is 0. The van der Waals surface area contributed by atoms with Crippen molar-refractivity contribution in [2.45, 2.75) is 19.6 Å². The highest BCUT2D eigenvalue weighted by Gasteiger charge is 2.34. The SMILES string of the molecule is Cc1cc(Oc2ccc(F)c(C(F)(F)F)c2)ccc1CN. The van der Waals surface area contributed by atoms with E-state index in [9.17, 15) is 17.6 Å². The summed E-state index contributed by atoms with van der Waals surface area (Å²) in [7, 11) is 0. The third-order valence-corrected chi connectivity index (χ3v) is 3.01. The Bertz CT molecular complexity index is 653. The molecule has 0 fully saturated rings. The molecule has 2 aromatic carbocycles. The molecule has 0 aliphatic rings. The molecule has 0 aromatic heterocycles. The molecule has 0 saturated heterocycles. The lowest BCUT2D eigenvalue weighted by Crippen LogP contribution is -2.08. The number of nitrogens with two attached hydrogens (primary N) is 1. The van der Waals surface area contributed by atoms with Gasteiger partial charge in [0.1, 0.15) is 17.3 Å². The van der Waals surface area contributed by atoms with Gasteiger partial charge < -0.3 is 10.5 Å². The van der Waals surface area contributed by atoms with Gasteiger partial charge in [0.25, 0.3) is 0 Å². The zero-order valence-corrected chi connectivity index (χ0v) is 11.2. The smallest absolute Gasteiger partial charge is 0.419 e. The highest BCUT2D eigenvalue weighted by Crippen LogP contribution is 2.35. The molecule has 0 amide bonds. The van der Waals surface area contributed by atoms with Crippen LogP contribution in [-0.4, -0.2) is 0 Å². The summed E-state index contributed by atoms with van der Waals surface area (Å²) in [5.41, 5.74) is 5.96. The average molecular weight is 299 g/mol. The standard InChI is InChI=1S/C15H13F4NO/c1-9-6-11(3-2-10(9)8-20)21-12-4-5-14(16)13(7-12)15(17,18)19/h2-7H,8,20H2,1H3. The highest BCUT2D eigenvalue weighted by atomic mass is 19.4. The fraction of sp³-hybridized carbons (Fsp3) is 0.200. The van der Waals surface area contributed by atoms with Crippen molar-refractivity contribution in [3.05, 3.63) is 58.9 Å². The van der Waals surface area contributed by atoms with E-state index in [4.69, 9.17) is 10.5 Å². The molecule has 0 bridgehead atoms. The van der Waals surface area contributed by atoms with E-state index < -0.39 is 17.6 Å². The summed E-state index contributed by atoms with van der Waals surface area (Å²) in [4.78, 5) is 0. The van der Waals surface area contributed by atoms with Crippen molar-refractivity contribution < 1.29 is 22.3 Å². The second-order valence-electron chi connectivity index (χ2n) is 4.53. The molecule has 2 aromatic rings. The lowest BCUT2D eigenvalue weighted by Gasteiger charge is -2.12. The van der Waals surface area contributed by atoms with Gasteiger partial charge in [-0.25, -0.2) is 4.39 Å². The van der Waals surface area contributed by atoms with Crippen LogP contribution in [-0.2, 0) is 12.7 Å². The van der Waals surface area contributed by atoms with E-state index >= 15 is 0 Å². The van der Waals surface area contributed by atoms with Gasteiger partial charge in [-0.05, 0) is 48.4 Å². The minimum absolute atomic E-state index is 0.0800. The van der Waals surface area contributed by atoms with Gasteiger partial charge >= 0.3 is 6.18 Å². The fourth-order valence-electron chi connectivity index (χ4n) is 1.88. The minimum atomic E-state index is -4.76. The van der Waals surface area contributed by atoms with Crippen molar-refractivity contribution in [3.63, 3.8) is 0 Å². The molecule has 0 atom stereocenters. The van der Waals surface area contributed by atoms with E-state index in [-0.39, 0.29) is 5.75 Å². The van der Waals surface area contributed by atoms with Gasteiger partial charge in [0.05, 0.1) is 5.56 Å². The number of benzene rings is 2.